The molecule has 3 rings (SSSR count). The van der Waals surface area contributed by atoms with Gasteiger partial charge in [-0.3, -0.25) is 4.79 Å². The Morgan fingerprint density at radius 3 is 2.67 bits per heavy atom. The molecule has 0 saturated carbocycles. The van der Waals surface area contributed by atoms with E-state index in [9.17, 15) is 4.79 Å². The van der Waals surface area contributed by atoms with Crippen molar-refractivity contribution in [3.05, 3.63) is 69.6 Å². The van der Waals surface area contributed by atoms with Crippen molar-refractivity contribution in [3.63, 3.8) is 0 Å². The molecule has 0 bridgehead atoms. The first-order valence-corrected chi connectivity index (χ1v) is 7.48. The number of benzene rings is 2. The maximum Gasteiger partial charge on any atom is 0.274 e. The molecule has 0 fully saturated rings. The average Bonchev–Trinajstić information content (AvgIpc) is 2.52. The van der Waals surface area contributed by atoms with Crippen LogP contribution in [0.1, 0.15) is 0 Å². The Labute approximate surface area is 130 Å². The van der Waals surface area contributed by atoms with E-state index < -0.39 is 0 Å². The molecule has 0 amide bonds. The standard InChI is InChI=1S/C16H14BrN3O/c17-13-5-7-14(8-6-13)18-9-10-20-16(21)15-4-2-1-3-12(15)11-19-20/h1-8,11,18H,9-10H2. The molecule has 0 radical (unpaired) electrons. The van der Waals surface area contributed by atoms with Gasteiger partial charge in [-0.15, -0.1) is 0 Å². The van der Waals surface area contributed by atoms with E-state index in [0.717, 1.165) is 15.5 Å². The largest absolute Gasteiger partial charge is 0.383 e. The molecule has 2 aromatic carbocycles. The number of hydrogen-bond donors (Lipinski definition) is 1. The zero-order valence-corrected chi connectivity index (χ0v) is 12.9. The number of fused-ring (bicyclic) bond motifs is 1. The van der Waals surface area contributed by atoms with Crippen molar-refractivity contribution in [1.29, 1.82) is 0 Å². The number of anilines is 1. The average molecular weight is 344 g/mol. The SMILES string of the molecule is O=c1c2ccccc2cnn1CCNc1ccc(Br)cc1. The van der Waals surface area contributed by atoms with Crippen molar-refractivity contribution in [3.8, 4) is 0 Å². The van der Waals surface area contributed by atoms with Crippen LogP contribution in [0.25, 0.3) is 10.8 Å². The lowest BCUT2D eigenvalue weighted by Gasteiger charge is -2.08. The summed E-state index contributed by atoms with van der Waals surface area (Å²) in [7, 11) is 0. The minimum Gasteiger partial charge on any atom is -0.383 e. The summed E-state index contributed by atoms with van der Waals surface area (Å²) >= 11 is 3.40. The van der Waals surface area contributed by atoms with Gasteiger partial charge in [-0.1, -0.05) is 34.1 Å². The summed E-state index contributed by atoms with van der Waals surface area (Å²) in [5, 5.41) is 9.06. The van der Waals surface area contributed by atoms with Crippen molar-refractivity contribution in [2.45, 2.75) is 6.54 Å². The third-order valence-electron chi connectivity index (χ3n) is 3.26. The first kappa shape index (κ1) is 13.8. The van der Waals surface area contributed by atoms with Crippen LogP contribution in [-0.2, 0) is 6.54 Å². The molecule has 106 valence electrons. The van der Waals surface area contributed by atoms with E-state index in [1.807, 2.05) is 48.5 Å². The number of aromatic nitrogens is 2. The van der Waals surface area contributed by atoms with E-state index in [4.69, 9.17) is 0 Å². The molecule has 1 heterocycles. The van der Waals surface area contributed by atoms with Crippen LogP contribution in [0.4, 0.5) is 5.69 Å². The highest BCUT2D eigenvalue weighted by atomic mass is 79.9. The van der Waals surface area contributed by atoms with Gasteiger partial charge in [0.25, 0.3) is 5.56 Å². The number of halogens is 1. The molecule has 5 heteroatoms. The summed E-state index contributed by atoms with van der Waals surface area (Å²) < 4.78 is 2.54. The molecule has 1 aromatic heterocycles. The van der Waals surface area contributed by atoms with E-state index in [0.29, 0.717) is 18.5 Å². The Morgan fingerprint density at radius 2 is 1.86 bits per heavy atom. The summed E-state index contributed by atoms with van der Waals surface area (Å²) in [5.74, 6) is 0. The third kappa shape index (κ3) is 3.13. The Kier molecular flexibility index (Phi) is 4.01. The topological polar surface area (TPSA) is 46.9 Å². The molecule has 0 spiro atoms. The predicted molar refractivity (Wildman–Crippen MR) is 88.6 cm³/mol. The minimum absolute atomic E-state index is 0.0503. The maximum atomic E-state index is 12.3. The molecule has 4 nitrogen and oxygen atoms in total. The van der Waals surface area contributed by atoms with Gasteiger partial charge in [-0.2, -0.15) is 5.10 Å². The molecule has 0 atom stereocenters. The van der Waals surface area contributed by atoms with Gasteiger partial charge >= 0.3 is 0 Å². The normalized spacial score (nSPS) is 10.7. The molecule has 0 saturated heterocycles. The van der Waals surface area contributed by atoms with Crippen molar-refractivity contribution < 1.29 is 0 Å². The fourth-order valence-electron chi connectivity index (χ4n) is 2.16. The quantitative estimate of drug-likeness (QED) is 0.790. The molecular weight excluding hydrogens is 330 g/mol. The smallest absolute Gasteiger partial charge is 0.274 e. The Bertz CT molecular complexity index is 812. The van der Waals surface area contributed by atoms with Gasteiger partial charge in [0.1, 0.15) is 0 Å². The zero-order chi connectivity index (χ0) is 14.7. The molecule has 0 aliphatic rings. The van der Waals surface area contributed by atoms with Crippen molar-refractivity contribution >= 4 is 32.4 Å². The molecule has 3 aromatic rings. The Balaban J connectivity index is 1.72. The lowest BCUT2D eigenvalue weighted by molar-refractivity contribution is 0.604. The van der Waals surface area contributed by atoms with E-state index in [-0.39, 0.29) is 5.56 Å². The Hall–Kier alpha value is -2.14. The highest BCUT2D eigenvalue weighted by molar-refractivity contribution is 9.10. The third-order valence-corrected chi connectivity index (χ3v) is 3.79. The first-order valence-electron chi connectivity index (χ1n) is 6.68. The van der Waals surface area contributed by atoms with E-state index >= 15 is 0 Å². The number of nitrogens with zero attached hydrogens (tertiary/aromatic N) is 2. The molecular formula is C16H14BrN3O. The summed E-state index contributed by atoms with van der Waals surface area (Å²) in [5.41, 5.74) is 0.970. The summed E-state index contributed by atoms with van der Waals surface area (Å²) in [6.45, 7) is 1.17. The van der Waals surface area contributed by atoms with Gasteiger partial charge in [0.2, 0.25) is 0 Å². The zero-order valence-electron chi connectivity index (χ0n) is 11.3. The molecule has 0 aliphatic heterocycles. The van der Waals surface area contributed by atoms with E-state index in [1.165, 1.54) is 4.68 Å². The second kappa shape index (κ2) is 6.10. The van der Waals surface area contributed by atoms with Crippen molar-refractivity contribution in [2.24, 2.45) is 0 Å². The Morgan fingerprint density at radius 1 is 1.10 bits per heavy atom. The molecule has 0 unspecified atom stereocenters. The lowest BCUT2D eigenvalue weighted by atomic mass is 10.2. The van der Waals surface area contributed by atoms with Gasteiger partial charge < -0.3 is 5.32 Å². The lowest BCUT2D eigenvalue weighted by Crippen LogP contribution is -2.26. The molecule has 0 aliphatic carbocycles. The van der Waals surface area contributed by atoms with Crippen LogP contribution >= 0.6 is 15.9 Å². The summed E-state index contributed by atoms with van der Waals surface area (Å²) in [6, 6.07) is 15.4. The molecule has 21 heavy (non-hydrogen) atoms. The van der Waals surface area contributed by atoms with Crippen LogP contribution < -0.4 is 10.9 Å². The summed E-state index contributed by atoms with van der Waals surface area (Å²) in [4.78, 5) is 12.3. The second-order valence-electron chi connectivity index (χ2n) is 4.69. The summed E-state index contributed by atoms with van der Waals surface area (Å²) in [6.07, 6.45) is 1.73. The highest BCUT2D eigenvalue weighted by Gasteiger charge is 2.02. The number of hydrogen-bond acceptors (Lipinski definition) is 3. The maximum absolute atomic E-state index is 12.3. The van der Waals surface area contributed by atoms with Crippen molar-refractivity contribution in [1.82, 2.24) is 9.78 Å². The van der Waals surface area contributed by atoms with Crippen LogP contribution in [0, 0.1) is 0 Å². The van der Waals surface area contributed by atoms with E-state index in [1.54, 1.807) is 6.20 Å². The van der Waals surface area contributed by atoms with Crippen LogP contribution in [0.3, 0.4) is 0 Å². The number of rotatable bonds is 4. The predicted octanol–water partition coefficient (Wildman–Crippen LogP) is 3.27. The fraction of sp³-hybridized carbons (Fsp3) is 0.125. The van der Waals surface area contributed by atoms with E-state index in [2.05, 4.69) is 26.3 Å². The van der Waals surface area contributed by atoms with Gasteiger partial charge in [-0.25, -0.2) is 4.68 Å². The van der Waals surface area contributed by atoms with Crippen molar-refractivity contribution in [2.75, 3.05) is 11.9 Å². The monoisotopic (exact) mass is 343 g/mol. The second-order valence-corrected chi connectivity index (χ2v) is 5.61. The van der Waals surface area contributed by atoms with Crippen LogP contribution in [-0.4, -0.2) is 16.3 Å². The first-order chi connectivity index (χ1) is 10.2. The molecule has 1 N–H and O–H groups in total. The van der Waals surface area contributed by atoms with Gasteiger partial charge in [0.15, 0.2) is 0 Å². The van der Waals surface area contributed by atoms with Gasteiger partial charge in [0.05, 0.1) is 18.1 Å². The van der Waals surface area contributed by atoms with Crippen LogP contribution in [0.2, 0.25) is 0 Å². The van der Waals surface area contributed by atoms with Crippen LogP contribution in [0.15, 0.2) is 64.0 Å². The van der Waals surface area contributed by atoms with Crippen LogP contribution in [0.5, 0.6) is 0 Å². The van der Waals surface area contributed by atoms with Gasteiger partial charge in [0, 0.05) is 22.1 Å². The number of nitrogens with one attached hydrogen (secondary N) is 1. The minimum atomic E-state index is -0.0503. The van der Waals surface area contributed by atoms with Gasteiger partial charge in [-0.05, 0) is 30.3 Å². The highest BCUT2D eigenvalue weighted by Crippen LogP contribution is 2.13. The fourth-order valence-corrected chi connectivity index (χ4v) is 2.43.